The highest BCUT2D eigenvalue weighted by Crippen LogP contribution is 2.16. The van der Waals surface area contributed by atoms with Crippen LogP contribution in [0.4, 0.5) is 4.39 Å². The summed E-state index contributed by atoms with van der Waals surface area (Å²) in [5, 5.41) is 3.55. The predicted molar refractivity (Wildman–Crippen MR) is 69.0 cm³/mol. The van der Waals surface area contributed by atoms with Gasteiger partial charge in [-0.05, 0) is 45.0 Å². The molecular weight excluding hydrogens is 241 g/mol. The molecule has 1 rings (SSSR count). The standard InChI is InChI=1S/C13H19ClFNO/c1-9(2)17-8-12(16-3)6-10-4-5-11(14)7-13(10)15/h4-5,7,9,12,16H,6,8H2,1-3H3. The molecule has 0 amide bonds. The van der Waals surface area contributed by atoms with Gasteiger partial charge in [0.15, 0.2) is 0 Å². The molecule has 0 spiro atoms. The Bertz CT molecular complexity index is 357. The van der Waals surface area contributed by atoms with Gasteiger partial charge in [0.1, 0.15) is 5.82 Å². The van der Waals surface area contributed by atoms with Gasteiger partial charge >= 0.3 is 0 Å². The lowest BCUT2D eigenvalue weighted by atomic mass is 10.1. The van der Waals surface area contributed by atoms with Crippen molar-refractivity contribution in [3.63, 3.8) is 0 Å². The van der Waals surface area contributed by atoms with Crippen LogP contribution in [0.1, 0.15) is 19.4 Å². The molecule has 96 valence electrons. The van der Waals surface area contributed by atoms with Crippen molar-refractivity contribution in [2.24, 2.45) is 0 Å². The van der Waals surface area contributed by atoms with Crippen molar-refractivity contribution in [2.45, 2.75) is 32.4 Å². The Morgan fingerprint density at radius 2 is 2.12 bits per heavy atom. The van der Waals surface area contributed by atoms with Crippen molar-refractivity contribution in [1.82, 2.24) is 5.32 Å². The topological polar surface area (TPSA) is 21.3 Å². The lowest BCUT2D eigenvalue weighted by molar-refractivity contribution is 0.0626. The normalized spacial score (nSPS) is 13.1. The molecule has 1 unspecified atom stereocenters. The molecule has 0 radical (unpaired) electrons. The predicted octanol–water partition coefficient (Wildman–Crippen LogP) is 3.03. The molecule has 1 aromatic carbocycles. The smallest absolute Gasteiger partial charge is 0.127 e. The number of benzene rings is 1. The molecule has 2 nitrogen and oxygen atoms in total. The van der Waals surface area contributed by atoms with Crippen molar-refractivity contribution in [3.05, 3.63) is 34.6 Å². The van der Waals surface area contributed by atoms with Crippen LogP contribution in [0.3, 0.4) is 0 Å². The fraction of sp³-hybridized carbons (Fsp3) is 0.538. The molecule has 0 fully saturated rings. The molecular formula is C13H19ClFNO. The van der Waals surface area contributed by atoms with Gasteiger partial charge in [0.25, 0.3) is 0 Å². The maximum absolute atomic E-state index is 13.6. The molecule has 0 aliphatic heterocycles. The highest BCUT2D eigenvalue weighted by molar-refractivity contribution is 6.30. The van der Waals surface area contributed by atoms with E-state index in [1.54, 1.807) is 12.1 Å². The number of hydrogen-bond acceptors (Lipinski definition) is 2. The quantitative estimate of drug-likeness (QED) is 0.848. The van der Waals surface area contributed by atoms with Crippen LogP contribution < -0.4 is 5.32 Å². The summed E-state index contributed by atoms with van der Waals surface area (Å²) in [6.45, 7) is 4.53. The van der Waals surface area contributed by atoms with E-state index in [1.807, 2.05) is 20.9 Å². The Labute approximate surface area is 107 Å². The largest absolute Gasteiger partial charge is 0.377 e. The number of nitrogens with one attached hydrogen (secondary N) is 1. The number of halogens is 2. The average Bonchev–Trinajstić information content (AvgIpc) is 2.26. The summed E-state index contributed by atoms with van der Waals surface area (Å²) in [5.41, 5.74) is 0.654. The lowest BCUT2D eigenvalue weighted by Gasteiger charge is -2.18. The van der Waals surface area contributed by atoms with Crippen LogP contribution in [0.15, 0.2) is 18.2 Å². The molecule has 0 bridgehead atoms. The zero-order valence-electron chi connectivity index (χ0n) is 10.5. The molecule has 17 heavy (non-hydrogen) atoms. The Morgan fingerprint density at radius 3 is 2.65 bits per heavy atom. The first-order chi connectivity index (χ1) is 8.02. The van der Waals surface area contributed by atoms with Gasteiger partial charge in [-0.25, -0.2) is 4.39 Å². The Balaban J connectivity index is 2.60. The summed E-state index contributed by atoms with van der Waals surface area (Å²) in [4.78, 5) is 0. The zero-order valence-corrected chi connectivity index (χ0v) is 11.2. The second-order valence-electron chi connectivity index (χ2n) is 4.31. The molecule has 1 N–H and O–H groups in total. The van der Waals surface area contributed by atoms with E-state index in [9.17, 15) is 4.39 Å². The van der Waals surface area contributed by atoms with Gasteiger partial charge < -0.3 is 10.1 Å². The monoisotopic (exact) mass is 259 g/mol. The number of likely N-dealkylation sites (N-methyl/N-ethyl adjacent to an activating group) is 1. The van der Waals surface area contributed by atoms with Gasteiger partial charge in [-0.1, -0.05) is 17.7 Å². The van der Waals surface area contributed by atoms with Gasteiger partial charge in [-0.15, -0.1) is 0 Å². The summed E-state index contributed by atoms with van der Waals surface area (Å²) in [6.07, 6.45) is 0.771. The lowest BCUT2D eigenvalue weighted by Crippen LogP contribution is -2.33. The maximum atomic E-state index is 13.6. The molecule has 0 aliphatic rings. The molecule has 0 aliphatic carbocycles. The van der Waals surface area contributed by atoms with Crippen LogP contribution in [-0.2, 0) is 11.2 Å². The van der Waals surface area contributed by atoms with E-state index in [4.69, 9.17) is 16.3 Å². The maximum Gasteiger partial charge on any atom is 0.127 e. The molecule has 4 heteroatoms. The highest BCUT2D eigenvalue weighted by Gasteiger charge is 2.11. The SMILES string of the molecule is CNC(COC(C)C)Cc1ccc(Cl)cc1F. The second kappa shape index (κ2) is 6.94. The third-order valence-corrected chi connectivity index (χ3v) is 2.76. The van der Waals surface area contributed by atoms with Gasteiger partial charge in [0.05, 0.1) is 12.7 Å². The highest BCUT2D eigenvalue weighted by atomic mass is 35.5. The minimum Gasteiger partial charge on any atom is -0.377 e. The molecule has 0 heterocycles. The van der Waals surface area contributed by atoms with E-state index < -0.39 is 0 Å². The van der Waals surface area contributed by atoms with E-state index in [0.717, 1.165) is 0 Å². The van der Waals surface area contributed by atoms with E-state index in [-0.39, 0.29) is 18.0 Å². The summed E-state index contributed by atoms with van der Waals surface area (Å²) < 4.78 is 19.1. The first kappa shape index (κ1) is 14.4. The Morgan fingerprint density at radius 1 is 1.41 bits per heavy atom. The Hall–Kier alpha value is -0.640. The molecule has 0 saturated carbocycles. The first-order valence-corrected chi connectivity index (χ1v) is 6.13. The van der Waals surface area contributed by atoms with Crippen molar-refractivity contribution in [1.29, 1.82) is 0 Å². The Kier molecular flexibility index (Phi) is 5.89. The van der Waals surface area contributed by atoms with Crippen molar-refractivity contribution in [3.8, 4) is 0 Å². The van der Waals surface area contributed by atoms with Crippen LogP contribution in [0, 0.1) is 5.82 Å². The van der Waals surface area contributed by atoms with Gasteiger partial charge in [-0.2, -0.15) is 0 Å². The molecule has 0 saturated heterocycles. The molecule has 1 atom stereocenters. The first-order valence-electron chi connectivity index (χ1n) is 5.75. The summed E-state index contributed by atoms with van der Waals surface area (Å²) in [5.74, 6) is -0.262. The van der Waals surface area contributed by atoms with E-state index in [0.29, 0.717) is 23.6 Å². The molecule has 0 aromatic heterocycles. The van der Waals surface area contributed by atoms with E-state index in [2.05, 4.69) is 5.32 Å². The minimum absolute atomic E-state index is 0.105. The van der Waals surface area contributed by atoms with E-state index >= 15 is 0 Å². The van der Waals surface area contributed by atoms with Gasteiger partial charge in [0, 0.05) is 11.1 Å². The van der Waals surface area contributed by atoms with Crippen LogP contribution in [0.2, 0.25) is 5.02 Å². The summed E-state index contributed by atoms with van der Waals surface area (Å²) >= 11 is 5.71. The third kappa shape index (κ3) is 5.02. The van der Waals surface area contributed by atoms with Crippen LogP contribution >= 0.6 is 11.6 Å². The van der Waals surface area contributed by atoms with Crippen molar-refractivity contribution in [2.75, 3.05) is 13.7 Å². The van der Waals surface area contributed by atoms with Crippen molar-refractivity contribution < 1.29 is 9.13 Å². The molecule has 1 aromatic rings. The minimum atomic E-state index is -0.262. The fourth-order valence-corrected chi connectivity index (χ4v) is 1.66. The van der Waals surface area contributed by atoms with Crippen LogP contribution in [0.25, 0.3) is 0 Å². The number of rotatable bonds is 6. The third-order valence-electron chi connectivity index (χ3n) is 2.52. The number of ether oxygens (including phenoxy) is 1. The second-order valence-corrected chi connectivity index (χ2v) is 4.74. The number of hydrogen-bond donors (Lipinski definition) is 1. The van der Waals surface area contributed by atoms with Crippen molar-refractivity contribution >= 4 is 11.6 Å². The summed E-state index contributed by atoms with van der Waals surface area (Å²) in [6, 6.07) is 4.87. The summed E-state index contributed by atoms with van der Waals surface area (Å²) in [7, 11) is 1.85. The van der Waals surface area contributed by atoms with Gasteiger partial charge in [-0.3, -0.25) is 0 Å². The van der Waals surface area contributed by atoms with Crippen LogP contribution in [-0.4, -0.2) is 25.8 Å². The van der Waals surface area contributed by atoms with E-state index in [1.165, 1.54) is 6.07 Å². The average molecular weight is 260 g/mol. The zero-order chi connectivity index (χ0) is 12.8. The van der Waals surface area contributed by atoms with Crippen LogP contribution in [0.5, 0.6) is 0 Å². The fourth-order valence-electron chi connectivity index (χ4n) is 1.51. The van der Waals surface area contributed by atoms with Gasteiger partial charge in [0.2, 0.25) is 0 Å².